The Morgan fingerprint density at radius 2 is 1.89 bits per heavy atom. The lowest BCUT2D eigenvalue weighted by Gasteiger charge is -2.04. The molecule has 0 spiro atoms. The molecule has 6 heteroatoms. The van der Waals surface area contributed by atoms with Crippen molar-refractivity contribution in [2.24, 2.45) is 0 Å². The summed E-state index contributed by atoms with van der Waals surface area (Å²) in [6, 6.07) is 6.79. The Hall–Kier alpha value is -2.50. The van der Waals surface area contributed by atoms with Gasteiger partial charge in [-0.2, -0.15) is 4.39 Å². The van der Waals surface area contributed by atoms with Crippen molar-refractivity contribution in [2.45, 2.75) is 13.5 Å². The molecule has 2 aromatic rings. The number of aryl methyl sites for hydroxylation is 1. The highest BCUT2D eigenvalue weighted by Gasteiger charge is 2.10. The van der Waals surface area contributed by atoms with E-state index in [4.69, 9.17) is 0 Å². The van der Waals surface area contributed by atoms with Gasteiger partial charge in [0.2, 0.25) is 5.82 Å². The third-order valence-electron chi connectivity index (χ3n) is 2.65. The summed E-state index contributed by atoms with van der Waals surface area (Å²) in [5.41, 5.74) is -0.483. The lowest BCUT2D eigenvalue weighted by Crippen LogP contribution is -2.33. The number of H-pyrrole nitrogens is 1. The minimum absolute atomic E-state index is 0.324. The third-order valence-corrected chi connectivity index (χ3v) is 2.65. The normalized spacial score (nSPS) is 10.4. The first-order valence-electron chi connectivity index (χ1n) is 5.56. The number of Topliss-reactive ketones (excluding diaryl/α,β-unsaturated/α-hetero) is 1. The molecule has 0 aliphatic rings. The van der Waals surface area contributed by atoms with Gasteiger partial charge in [0, 0.05) is 5.56 Å². The molecular formula is C13H11FN2O3. The Morgan fingerprint density at radius 1 is 1.26 bits per heavy atom. The molecule has 0 saturated carbocycles. The number of nitrogens with zero attached hydrogens (tertiary/aromatic N) is 1. The van der Waals surface area contributed by atoms with Gasteiger partial charge in [0.25, 0.3) is 5.56 Å². The van der Waals surface area contributed by atoms with Crippen molar-refractivity contribution in [1.82, 2.24) is 9.55 Å². The van der Waals surface area contributed by atoms with Gasteiger partial charge in [0.05, 0.1) is 12.7 Å². The zero-order valence-electron chi connectivity index (χ0n) is 10.1. The second kappa shape index (κ2) is 5.01. The van der Waals surface area contributed by atoms with Gasteiger partial charge in [-0.05, 0) is 6.92 Å². The average molecular weight is 262 g/mol. The average Bonchev–Trinajstić information content (AvgIpc) is 2.36. The van der Waals surface area contributed by atoms with Gasteiger partial charge in [-0.3, -0.25) is 19.1 Å². The molecule has 19 heavy (non-hydrogen) atoms. The van der Waals surface area contributed by atoms with Crippen LogP contribution >= 0.6 is 0 Å². The van der Waals surface area contributed by atoms with Crippen LogP contribution in [0.1, 0.15) is 15.9 Å². The monoisotopic (exact) mass is 262 g/mol. The first-order valence-corrected chi connectivity index (χ1v) is 5.56. The predicted molar refractivity (Wildman–Crippen MR) is 66.8 cm³/mol. The molecule has 2 rings (SSSR count). The van der Waals surface area contributed by atoms with E-state index in [1.165, 1.54) is 0 Å². The fourth-order valence-corrected chi connectivity index (χ4v) is 1.59. The van der Waals surface area contributed by atoms with Crippen LogP contribution in [0, 0.1) is 12.7 Å². The number of benzene rings is 1. The van der Waals surface area contributed by atoms with Crippen LogP contribution in [0.4, 0.5) is 4.39 Å². The van der Waals surface area contributed by atoms with E-state index in [1.807, 2.05) is 6.92 Å². The summed E-state index contributed by atoms with van der Waals surface area (Å²) in [6.45, 7) is 1.56. The summed E-state index contributed by atoms with van der Waals surface area (Å²) in [5, 5.41) is 0. The van der Waals surface area contributed by atoms with E-state index in [1.54, 1.807) is 29.2 Å². The number of rotatable bonds is 3. The van der Waals surface area contributed by atoms with Crippen molar-refractivity contribution >= 4 is 5.78 Å². The van der Waals surface area contributed by atoms with E-state index in [0.717, 1.165) is 16.3 Å². The van der Waals surface area contributed by atoms with E-state index in [0.29, 0.717) is 5.56 Å². The number of aromatic nitrogens is 2. The first kappa shape index (κ1) is 12.9. The van der Waals surface area contributed by atoms with Crippen LogP contribution in [-0.2, 0) is 6.54 Å². The highest BCUT2D eigenvalue weighted by Crippen LogP contribution is 2.04. The summed E-state index contributed by atoms with van der Waals surface area (Å²) in [5.74, 6) is -1.44. The van der Waals surface area contributed by atoms with E-state index < -0.39 is 17.1 Å². The Labute approximate surface area is 107 Å². The van der Waals surface area contributed by atoms with Crippen molar-refractivity contribution in [2.75, 3.05) is 0 Å². The summed E-state index contributed by atoms with van der Waals surface area (Å²) >= 11 is 0. The topological polar surface area (TPSA) is 71.9 Å². The Balaban J connectivity index is 2.29. The zero-order valence-corrected chi connectivity index (χ0v) is 10.1. The van der Waals surface area contributed by atoms with Gasteiger partial charge in [0.1, 0.15) is 0 Å². The number of halogens is 1. The van der Waals surface area contributed by atoms with Crippen molar-refractivity contribution in [3.63, 3.8) is 0 Å². The number of nitrogens with one attached hydrogen (secondary N) is 1. The van der Waals surface area contributed by atoms with E-state index in [2.05, 4.69) is 0 Å². The van der Waals surface area contributed by atoms with Crippen LogP contribution in [0.3, 0.4) is 0 Å². The Bertz CT molecular complexity index is 729. The first-order chi connectivity index (χ1) is 8.97. The van der Waals surface area contributed by atoms with Crippen molar-refractivity contribution in [3.8, 4) is 0 Å². The maximum absolute atomic E-state index is 13.1. The van der Waals surface area contributed by atoms with Gasteiger partial charge < -0.3 is 0 Å². The van der Waals surface area contributed by atoms with Crippen LogP contribution in [0.15, 0.2) is 40.1 Å². The number of carbonyl (C=O) groups excluding carboxylic acids is 1. The third kappa shape index (κ3) is 2.85. The van der Waals surface area contributed by atoms with Crippen molar-refractivity contribution in [1.29, 1.82) is 0 Å². The lowest BCUT2D eigenvalue weighted by atomic mass is 10.1. The lowest BCUT2D eigenvalue weighted by molar-refractivity contribution is 0.0970. The van der Waals surface area contributed by atoms with Crippen LogP contribution in [-0.4, -0.2) is 15.3 Å². The SMILES string of the molecule is Cc1ccc(C(=O)Cn2cc(F)c(=O)[nH]c2=O)cc1. The summed E-state index contributed by atoms with van der Waals surface area (Å²) in [4.78, 5) is 36.0. The molecular weight excluding hydrogens is 251 g/mol. The zero-order chi connectivity index (χ0) is 14.0. The molecule has 0 aliphatic heterocycles. The molecule has 0 radical (unpaired) electrons. The molecule has 0 fully saturated rings. The van der Waals surface area contributed by atoms with Gasteiger partial charge in [-0.1, -0.05) is 29.8 Å². The summed E-state index contributed by atoms with van der Waals surface area (Å²) in [6.07, 6.45) is 0.729. The molecule has 1 aromatic carbocycles. The van der Waals surface area contributed by atoms with Crippen molar-refractivity contribution < 1.29 is 9.18 Å². The molecule has 1 aromatic heterocycles. The maximum Gasteiger partial charge on any atom is 0.328 e. The standard InChI is InChI=1S/C13H11FN2O3/c1-8-2-4-9(5-3-8)11(17)7-16-6-10(14)12(18)15-13(16)19/h2-6H,7H2,1H3,(H,15,18,19). The highest BCUT2D eigenvalue weighted by atomic mass is 19.1. The smallest absolute Gasteiger partial charge is 0.292 e. The molecule has 98 valence electrons. The van der Waals surface area contributed by atoms with Crippen LogP contribution in [0.2, 0.25) is 0 Å². The summed E-state index contributed by atoms with van der Waals surface area (Å²) < 4.78 is 13.9. The van der Waals surface area contributed by atoms with Gasteiger partial charge >= 0.3 is 5.69 Å². The second-order valence-corrected chi connectivity index (χ2v) is 4.15. The molecule has 1 N–H and O–H groups in total. The molecule has 0 unspecified atom stereocenters. The molecule has 0 bridgehead atoms. The minimum atomic E-state index is -1.10. The number of carbonyl (C=O) groups is 1. The highest BCUT2D eigenvalue weighted by molar-refractivity contribution is 5.95. The molecule has 1 heterocycles. The second-order valence-electron chi connectivity index (χ2n) is 4.15. The molecule has 0 atom stereocenters. The molecule has 0 amide bonds. The minimum Gasteiger partial charge on any atom is -0.292 e. The molecule has 0 aliphatic carbocycles. The van der Waals surface area contributed by atoms with Crippen LogP contribution < -0.4 is 11.2 Å². The molecule has 5 nitrogen and oxygen atoms in total. The fraction of sp³-hybridized carbons (Fsp3) is 0.154. The number of hydrogen-bond acceptors (Lipinski definition) is 3. The van der Waals surface area contributed by atoms with Gasteiger partial charge in [-0.25, -0.2) is 4.79 Å². The van der Waals surface area contributed by atoms with E-state index in [-0.39, 0.29) is 12.3 Å². The molecule has 0 saturated heterocycles. The summed E-state index contributed by atoms with van der Waals surface area (Å²) in [7, 11) is 0. The number of aromatic amines is 1. The van der Waals surface area contributed by atoms with E-state index in [9.17, 15) is 18.8 Å². The predicted octanol–water partition coefficient (Wildman–Crippen LogP) is 0.867. The number of ketones is 1. The number of hydrogen-bond donors (Lipinski definition) is 1. The van der Waals surface area contributed by atoms with Crippen LogP contribution in [0.5, 0.6) is 0 Å². The Kier molecular flexibility index (Phi) is 3.41. The quantitative estimate of drug-likeness (QED) is 0.834. The fourth-order valence-electron chi connectivity index (χ4n) is 1.59. The van der Waals surface area contributed by atoms with E-state index >= 15 is 0 Å². The Morgan fingerprint density at radius 3 is 2.53 bits per heavy atom. The van der Waals surface area contributed by atoms with Gasteiger partial charge in [0.15, 0.2) is 5.78 Å². The van der Waals surface area contributed by atoms with Crippen molar-refractivity contribution in [3.05, 3.63) is 68.2 Å². The largest absolute Gasteiger partial charge is 0.328 e. The van der Waals surface area contributed by atoms with Gasteiger partial charge in [-0.15, -0.1) is 0 Å². The van der Waals surface area contributed by atoms with Crippen LogP contribution in [0.25, 0.3) is 0 Å². The maximum atomic E-state index is 13.1.